The van der Waals surface area contributed by atoms with Crippen molar-refractivity contribution >= 4 is 5.91 Å². The smallest absolute Gasteiger partial charge is 0.249 e. The fourth-order valence-corrected chi connectivity index (χ4v) is 4.31. The maximum absolute atomic E-state index is 13.2. The molecular formula is C23H27FN2O3. The number of ether oxygens (including phenoxy) is 2. The van der Waals surface area contributed by atoms with Crippen LogP contribution in [0.5, 0.6) is 11.5 Å². The minimum absolute atomic E-state index is 0.00800. The Hall–Kier alpha value is -2.47. The van der Waals surface area contributed by atoms with Crippen LogP contribution in [0.25, 0.3) is 0 Å². The molecule has 0 bridgehead atoms. The summed E-state index contributed by atoms with van der Waals surface area (Å²) < 4.78 is 24.8. The zero-order valence-electron chi connectivity index (χ0n) is 16.6. The van der Waals surface area contributed by atoms with E-state index < -0.39 is 0 Å². The number of carbonyl (C=O) groups excluding carboxylic acids is 1. The highest BCUT2D eigenvalue weighted by Crippen LogP contribution is 2.35. The van der Waals surface area contributed by atoms with E-state index in [1.54, 1.807) is 30.6 Å². The van der Waals surface area contributed by atoms with Crippen LogP contribution in [0.4, 0.5) is 4.39 Å². The van der Waals surface area contributed by atoms with Gasteiger partial charge in [0.25, 0.3) is 0 Å². The lowest BCUT2D eigenvalue weighted by molar-refractivity contribution is -0.148. The predicted molar refractivity (Wildman–Crippen MR) is 107 cm³/mol. The summed E-state index contributed by atoms with van der Waals surface area (Å²) in [5, 5.41) is 0. The highest BCUT2D eigenvalue weighted by molar-refractivity contribution is 5.78. The van der Waals surface area contributed by atoms with Crippen molar-refractivity contribution in [3.05, 3.63) is 54.1 Å². The van der Waals surface area contributed by atoms with Gasteiger partial charge >= 0.3 is 0 Å². The Labute approximate surface area is 170 Å². The van der Waals surface area contributed by atoms with Gasteiger partial charge in [-0.3, -0.25) is 9.78 Å². The van der Waals surface area contributed by atoms with Gasteiger partial charge in [-0.1, -0.05) is 32.1 Å². The molecule has 1 saturated carbocycles. The number of carbonyl (C=O) groups is 1. The summed E-state index contributed by atoms with van der Waals surface area (Å²) in [7, 11) is 0. The molecule has 29 heavy (non-hydrogen) atoms. The third-order valence-corrected chi connectivity index (χ3v) is 5.91. The summed E-state index contributed by atoms with van der Waals surface area (Å²) in [6, 6.07) is 7.44. The lowest BCUT2D eigenvalue weighted by Gasteiger charge is -2.37. The van der Waals surface area contributed by atoms with Gasteiger partial charge < -0.3 is 14.4 Å². The van der Waals surface area contributed by atoms with Crippen molar-refractivity contribution in [2.75, 3.05) is 19.8 Å². The second-order valence-electron chi connectivity index (χ2n) is 7.88. The number of pyridine rings is 1. The molecule has 6 heteroatoms. The fraction of sp³-hybridized carbons (Fsp3) is 0.478. The molecule has 0 radical (unpaired) electrons. The van der Waals surface area contributed by atoms with Crippen molar-refractivity contribution in [3.8, 4) is 11.5 Å². The summed E-state index contributed by atoms with van der Waals surface area (Å²) >= 11 is 0. The van der Waals surface area contributed by atoms with E-state index in [4.69, 9.17) is 9.47 Å². The van der Waals surface area contributed by atoms with Crippen LogP contribution in [0.2, 0.25) is 0 Å². The van der Waals surface area contributed by atoms with E-state index in [-0.39, 0.29) is 24.4 Å². The van der Waals surface area contributed by atoms with E-state index in [2.05, 4.69) is 4.98 Å². The second kappa shape index (κ2) is 9.35. The molecule has 1 aromatic carbocycles. The largest absolute Gasteiger partial charge is 0.457 e. The number of amides is 1. The number of hydrogen-bond acceptors (Lipinski definition) is 4. The third kappa shape index (κ3) is 4.93. The van der Waals surface area contributed by atoms with Gasteiger partial charge in [0.2, 0.25) is 5.91 Å². The van der Waals surface area contributed by atoms with E-state index in [1.165, 1.54) is 44.2 Å². The fourth-order valence-electron chi connectivity index (χ4n) is 4.31. The van der Waals surface area contributed by atoms with Gasteiger partial charge in [-0.25, -0.2) is 4.39 Å². The van der Waals surface area contributed by atoms with Crippen molar-refractivity contribution in [2.24, 2.45) is 5.92 Å². The number of hydrogen-bond donors (Lipinski definition) is 0. The van der Waals surface area contributed by atoms with Crippen LogP contribution in [0, 0.1) is 11.7 Å². The van der Waals surface area contributed by atoms with Crippen molar-refractivity contribution < 1.29 is 18.7 Å². The maximum Gasteiger partial charge on any atom is 0.249 e. The quantitative estimate of drug-likeness (QED) is 0.696. The Morgan fingerprint density at radius 1 is 1.14 bits per heavy atom. The predicted octanol–water partition coefficient (Wildman–Crippen LogP) is 4.88. The molecule has 2 aromatic rings. The van der Waals surface area contributed by atoms with Gasteiger partial charge in [-0.05, 0) is 42.7 Å². The number of rotatable bonds is 6. The number of halogens is 1. The van der Waals surface area contributed by atoms with Crippen LogP contribution in [0.15, 0.2) is 42.7 Å². The van der Waals surface area contributed by atoms with Crippen LogP contribution in [0.1, 0.15) is 50.1 Å². The average Bonchev–Trinajstić information content (AvgIpc) is 2.75. The molecule has 1 aliphatic heterocycles. The minimum atomic E-state index is -0.313. The molecule has 1 aliphatic carbocycles. The summed E-state index contributed by atoms with van der Waals surface area (Å²) in [6.07, 6.45) is 10.8. The summed E-state index contributed by atoms with van der Waals surface area (Å²) in [5.74, 6) is 1.54. The molecule has 1 aromatic heterocycles. The molecule has 1 saturated heterocycles. The molecule has 5 nitrogen and oxygen atoms in total. The van der Waals surface area contributed by atoms with Crippen LogP contribution >= 0.6 is 0 Å². The normalized spacial score (nSPS) is 20.7. The first kappa shape index (κ1) is 19.8. The molecule has 2 aliphatic rings. The van der Waals surface area contributed by atoms with E-state index in [9.17, 15) is 9.18 Å². The standard InChI is InChI=1S/C23H27FN2O3/c24-18-6-8-19(9-7-18)29-22-10-12-25-14-20(22)21-15-28-16-23(27)26(21)13-11-17-4-2-1-3-5-17/h6-10,12,14,17,21H,1-5,11,13,15-16H2. The number of benzene rings is 1. The van der Waals surface area contributed by atoms with Crippen molar-refractivity contribution in [1.29, 1.82) is 0 Å². The number of aromatic nitrogens is 1. The highest BCUT2D eigenvalue weighted by Gasteiger charge is 2.32. The van der Waals surface area contributed by atoms with E-state index in [0.717, 1.165) is 18.5 Å². The van der Waals surface area contributed by atoms with Gasteiger partial charge in [-0.2, -0.15) is 0 Å². The van der Waals surface area contributed by atoms with E-state index in [1.807, 2.05) is 4.90 Å². The first-order chi connectivity index (χ1) is 14.2. The van der Waals surface area contributed by atoms with Gasteiger partial charge in [0.05, 0.1) is 12.6 Å². The molecule has 154 valence electrons. The Balaban J connectivity index is 1.52. The summed E-state index contributed by atoms with van der Waals surface area (Å²) in [6.45, 7) is 1.26. The van der Waals surface area contributed by atoms with Gasteiger partial charge in [0, 0.05) is 24.5 Å². The second-order valence-corrected chi connectivity index (χ2v) is 7.88. The lowest BCUT2D eigenvalue weighted by Crippen LogP contribution is -2.45. The van der Waals surface area contributed by atoms with E-state index >= 15 is 0 Å². The molecule has 1 atom stereocenters. The van der Waals surface area contributed by atoms with Gasteiger partial charge in [-0.15, -0.1) is 0 Å². The zero-order valence-corrected chi connectivity index (χ0v) is 16.6. The Morgan fingerprint density at radius 3 is 2.72 bits per heavy atom. The van der Waals surface area contributed by atoms with Crippen molar-refractivity contribution in [1.82, 2.24) is 9.88 Å². The van der Waals surface area contributed by atoms with Crippen LogP contribution in [-0.4, -0.2) is 35.5 Å². The number of nitrogens with zero attached hydrogens (tertiary/aromatic N) is 2. The Kier molecular flexibility index (Phi) is 6.39. The molecular weight excluding hydrogens is 371 g/mol. The topological polar surface area (TPSA) is 51.7 Å². The van der Waals surface area contributed by atoms with Crippen LogP contribution < -0.4 is 4.74 Å². The first-order valence-corrected chi connectivity index (χ1v) is 10.5. The van der Waals surface area contributed by atoms with Gasteiger partial charge in [0.1, 0.15) is 23.9 Å². The Morgan fingerprint density at radius 2 is 1.93 bits per heavy atom. The SMILES string of the molecule is O=C1COCC(c2cnccc2Oc2ccc(F)cc2)N1CCC1CCCCC1. The molecule has 2 heterocycles. The molecule has 1 unspecified atom stereocenters. The molecule has 4 rings (SSSR count). The summed E-state index contributed by atoms with van der Waals surface area (Å²) in [4.78, 5) is 18.8. The Bertz CT molecular complexity index is 821. The molecule has 0 N–H and O–H groups in total. The van der Waals surface area contributed by atoms with Crippen molar-refractivity contribution in [2.45, 2.75) is 44.6 Å². The third-order valence-electron chi connectivity index (χ3n) is 5.91. The molecule has 1 amide bonds. The lowest BCUT2D eigenvalue weighted by atomic mass is 9.86. The van der Waals surface area contributed by atoms with Crippen LogP contribution in [0.3, 0.4) is 0 Å². The highest BCUT2D eigenvalue weighted by atomic mass is 19.1. The molecule has 0 spiro atoms. The van der Waals surface area contributed by atoms with Gasteiger partial charge in [0.15, 0.2) is 0 Å². The number of morpholine rings is 1. The van der Waals surface area contributed by atoms with E-state index in [0.29, 0.717) is 24.0 Å². The zero-order chi connectivity index (χ0) is 20.1. The van der Waals surface area contributed by atoms with Crippen molar-refractivity contribution in [3.63, 3.8) is 0 Å². The molecule has 2 fully saturated rings. The van der Waals surface area contributed by atoms with Crippen LogP contribution in [-0.2, 0) is 9.53 Å². The average molecular weight is 398 g/mol. The first-order valence-electron chi connectivity index (χ1n) is 10.5. The summed E-state index contributed by atoms with van der Waals surface area (Å²) in [5.41, 5.74) is 0.813. The maximum atomic E-state index is 13.2. The minimum Gasteiger partial charge on any atom is -0.457 e. The monoisotopic (exact) mass is 398 g/mol.